The molecular weight excluding hydrogens is 320 g/mol. The first-order chi connectivity index (χ1) is 6.72. The van der Waals surface area contributed by atoms with Crippen LogP contribution in [-0.4, -0.2) is 8.42 Å². The van der Waals surface area contributed by atoms with Gasteiger partial charge in [0.2, 0.25) is 9.05 Å². The molecule has 0 spiro atoms. The summed E-state index contributed by atoms with van der Waals surface area (Å²) in [6.45, 7) is 0. The summed E-state index contributed by atoms with van der Waals surface area (Å²) in [4.78, 5) is 0. The van der Waals surface area contributed by atoms with Gasteiger partial charge in [-0.2, -0.15) is 0 Å². The third-order valence-electron chi connectivity index (χ3n) is 1.51. The Morgan fingerprint density at radius 1 is 1.27 bits per heavy atom. The van der Waals surface area contributed by atoms with Gasteiger partial charge in [-0.3, -0.25) is 0 Å². The Morgan fingerprint density at radius 2 is 1.80 bits per heavy atom. The van der Waals surface area contributed by atoms with E-state index in [0.717, 1.165) is 0 Å². The van der Waals surface area contributed by atoms with Gasteiger partial charge in [-0.25, -0.2) is 21.6 Å². The Morgan fingerprint density at radius 3 is 2.27 bits per heavy atom. The van der Waals surface area contributed by atoms with Gasteiger partial charge in [-0.15, -0.1) is 0 Å². The number of hydrogen-bond donors (Lipinski definition) is 0. The van der Waals surface area contributed by atoms with Crippen molar-refractivity contribution in [3.8, 4) is 0 Å². The molecule has 0 fully saturated rings. The Balaban J connectivity index is 3.33. The Kier molecular flexibility index (Phi) is 3.67. The van der Waals surface area contributed by atoms with Crippen LogP contribution in [0.3, 0.4) is 0 Å². The van der Waals surface area contributed by atoms with Crippen molar-refractivity contribution in [1.29, 1.82) is 0 Å². The smallest absolute Gasteiger partial charge is 0.212 e. The van der Waals surface area contributed by atoms with E-state index < -0.39 is 42.3 Å². The molecule has 0 aliphatic carbocycles. The van der Waals surface area contributed by atoms with Crippen LogP contribution in [-0.2, 0) is 14.8 Å². The number of rotatable bonds is 2. The molecule has 0 atom stereocenters. The van der Waals surface area contributed by atoms with Crippen LogP contribution >= 0.6 is 26.6 Å². The lowest BCUT2D eigenvalue weighted by atomic mass is 10.2. The minimum atomic E-state index is -4.06. The first-order valence-corrected chi connectivity index (χ1v) is 6.73. The molecule has 84 valence electrons. The van der Waals surface area contributed by atoms with Crippen molar-refractivity contribution in [2.24, 2.45) is 0 Å². The monoisotopic (exact) mass is 322 g/mol. The van der Waals surface area contributed by atoms with Crippen molar-refractivity contribution >= 4 is 35.7 Å². The summed E-state index contributed by atoms with van der Waals surface area (Å²) in [6, 6.07) is 0.572. The second-order valence-corrected chi connectivity index (χ2v) is 6.21. The fraction of sp³-hybridized carbons (Fsp3) is 0.143. The van der Waals surface area contributed by atoms with Crippen LogP contribution in [0.1, 0.15) is 5.56 Å². The van der Waals surface area contributed by atoms with E-state index in [1.54, 1.807) is 0 Å². The highest BCUT2D eigenvalue weighted by Gasteiger charge is 2.20. The Bertz CT molecular complexity index is 503. The van der Waals surface area contributed by atoms with Gasteiger partial charge in [0.05, 0.1) is 10.2 Å². The number of benzene rings is 1. The zero-order valence-electron chi connectivity index (χ0n) is 6.90. The minimum absolute atomic E-state index is 0.572. The molecule has 1 aromatic rings. The van der Waals surface area contributed by atoms with Gasteiger partial charge < -0.3 is 0 Å². The predicted octanol–water partition coefficient (Wildman–Crippen LogP) is 2.94. The molecule has 0 aromatic heterocycles. The third-order valence-corrected chi connectivity index (χ3v) is 3.22. The van der Waals surface area contributed by atoms with Crippen LogP contribution < -0.4 is 0 Å². The summed E-state index contributed by atoms with van der Waals surface area (Å²) in [7, 11) is 0.771. The SMILES string of the molecule is O=S(=O)(Cl)Cc1cc(F)c(Br)c(F)c1F. The van der Waals surface area contributed by atoms with Gasteiger partial charge in [0.25, 0.3) is 0 Å². The predicted molar refractivity (Wildman–Crippen MR) is 52.5 cm³/mol. The molecule has 1 aromatic carbocycles. The standard InChI is InChI=1S/C7H3BrClF3O2S/c8-5-4(10)1-3(2-15(9,13)14)6(11)7(5)12/h1H,2H2. The van der Waals surface area contributed by atoms with Crippen molar-refractivity contribution < 1.29 is 21.6 Å². The van der Waals surface area contributed by atoms with Gasteiger partial charge in [-0.1, -0.05) is 0 Å². The van der Waals surface area contributed by atoms with E-state index >= 15 is 0 Å². The molecule has 8 heteroatoms. The van der Waals surface area contributed by atoms with Gasteiger partial charge in [0, 0.05) is 16.2 Å². The van der Waals surface area contributed by atoms with Crippen LogP contribution in [0.15, 0.2) is 10.5 Å². The largest absolute Gasteiger partial charge is 0.236 e. The fourth-order valence-electron chi connectivity index (χ4n) is 0.913. The fourth-order valence-corrected chi connectivity index (χ4v) is 2.14. The zero-order valence-corrected chi connectivity index (χ0v) is 10.1. The summed E-state index contributed by atoms with van der Waals surface area (Å²) >= 11 is 2.47. The molecule has 0 heterocycles. The van der Waals surface area contributed by atoms with Gasteiger partial charge in [0.15, 0.2) is 11.6 Å². The minimum Gasteiger partial charge on any atom is -0.212 e. The highest BCUT2D eigenvalue weighted by molar-refractivity contribution is 9.10. The molecule has 1 rings (SSSR count). The third kappa shape index (κ3) is 3.09. The zero-order chi connectivity index (χ0) is 11.8. The molecular formula is C7H3BrClF3O2S. The van der Waals surface area contributed by atoms with Crippen LogP contribution in [0.4, 0.5) is 13.2 Å². The Labute approximate surface area is 96.6 Å². The lowest BCUT2D eigenvalue weighted by molar-refractivity contribution is 0.480. The molecule has 15 heavy (non-hydrogen) atoms. The van der Waals surface area contributed by atoms with Crippen LogP contribution in [0.2, 0.25) is 0 Å². The normalized spacial score (nSPS) is 11.8. The lowest BCUT2D eigenvalue weighted by Gasteiger charge is -2.04. The molecule has 2 nitrogen and oxygen atoms in total. The maximum Gasteiger partial charge on any atom is 0.236 e. The van der Waals surface area contributed by atoms with Crippen molar-refractivity contribution in [3.05, 3.63) is 33.6 Å². The van der Waals surface area contributed by atoms with Crippen LogP contribution in [0.25, 0.3) is 0 Å². The summed E-state index contributed by atoms with van der Waals surface area (Å²) in [5, 5.41) is 0. The van der Waals surface area contributed by atoms with Gasteiger partial charge in [-0.05, 0) is 22.0 Å². The molecule has 0 unspecified atom stereocenters. The summed E-state index contributed by atoms with van der Waals surface area (Å²) in [5.74, 6) is -4.98. The second kappa shape index (κ2) is 4.31. The van der Waals surface area contributed by atoms with Gasteiger partial charge >= 0.3 is 0 Å². The quantitative estimate of drug-likeness (QED) is 0.476. The van der Waals surface area contributed by atoms with E-state index in [2.05, 4.69) is 15.9 Å². The van der Waals surface area contributed by atoms with E-state index in [-0.39, 0.29) is 0 Å². The average molecular weight is 324 g/mol. The molecule has 0 saturated heterocycles. The number of hydrogen-bond acceptors (Lipinski definition) is 2. The molecule has 0 radical (unpaired) electrons. The first kappa shape index (κ1) is 12.8. The number of halogens is 5. The highest BCUT2D eigenvalue weighted by atomic mass is 79.9. The van der Waals surface area contributed by atoms with Crippen molar-refractivity contribution in [2.45, 2.75) is 5.75 Å². The highest BCUT2D eigenvalue weighted by Crippen LogP contribution is 2.26. The lowest BCUT2D eigenvalue weighted by Crippen LogP contribution is -2.03. The van der Waals surface area contributed by atoms with Crippen LogP contribution in [0, 0.1) is 17.5 Å². The molecule has 0 bridgehead atoms. The van der Waals surface area contributed by atoms with Crippen molar-refractivity contribution in [1.82, 2.24) is 0 Å². The van der Waals surface area contributed by atoms with E-state index in [9.17, 15) is 21.6 Å². The summed E-state index contributed by atoms with van der Waals surface area (Å²) < 4.78 is 59.4. The van der Waals surface area contributed by atoms with Gasteiger partial charge in [0.1, 0.15) is 5.82 Å². The van der Waals surface area contributed by atoms with E-state index in [1.165, 1.54) is 0 Å². The Hall–Kier alpha value is -0.270. The van der Waals surface area contributed by atoms with Crippen LogP contribution in [0.5, 0.6) is 0 Å². The molecule has 0 amide bonds. The van der Waals surface area contributed by atoms with Crippen molar-refractivity contribution in [2.75, 3.05) is 0 Å². The maximum atomic E-state index is 13.1. The summed E-state index contributed by atoms with van der Waals surface area (Å²) in [6.07, 6.45) is 0. The topological polar surface area (TPSA) is 34.1 Å². The van der Waals surface area contributed by atoms with E-state index in [4.69, 9.17) is 10.7 Å². The van der Waals surface area contributed by atoms with E-state index in [1.807, 2.05) is 0 Å². The molecule has 0 N–H and O–H groups in total. The van der Waals surface area contributed by atoms with Crippen molar-refractivity contribution in [3.63, 3.8) is 0 Å². The maximum absolute atomic E-state index is 13.1. The average Bonchev–Trinajstić information content (AvgIpc) is 2.08. The second-order valence-electron chi connectivity index (χ2n) is 2.64. The first-order valence-electron chi connectivity index (χ1n) is 3.46. The molecule has 0 aliphatic heterocycles. The molecule has 0 aliphatic rings. The molecule has 0 saturated carbocycles. The summed E-state index contributed by atoms with van der Waals surface area (Å²) in [5.41, 5.74) is -0.650. The van der Waals surface area contributed by atoms with E-state index in [0.29, 0.717) is 6.07 Å².